The summed E-state index contributed by atoms with van der Waals surface area (Å²) < 4.78 is 5.04. The molecule has 5 nitrogen and oxygen atoms in total. The van der Waals surface area contributed by atoms with Crippen molar-refractivity contribution in [3.63, 3.8) is 0 Å². The summed E-state index contributed by atoms with van der Waals surface area (Å²) in [4.78, 5) is 22.8. The third-order valence-corrected chi connectivity index (χ3v) is 2.57. The standard InChI is InChI=1S/C13H18N2O3/c1-15-12(16)7-8-18-13(17)11(9-14)10-5-3-2-4-6-10/h2-6,11H,7-9,14H2,1H3,(H,15,16). The molecule has 1 unspecified atom stereocenters. The first-order chi connectivity index (χ1) is 8.69. The van der Waals surface area contributed by atoms with Gasteiger partial charge in [-0.1, -0.05) is 30.3 Å². The highest BCUT2D eigenvalue weighted by Crippen LogP contribution is 2.15. The van der Waals surface area contributed by atoms with Crippen molar-refractivity contribution in [1.82, 2.24) is 5.32 Å². The summed E-state index contributed by atoms with van der Waals surface area (Å²) in [6.45, 7) is 0.255. The van der Waals surface area contributed by atoms with E-state index in [2.05, 4.69) is 5.32 Å². The van der Waals surface area contributed by atoms with Crippen LogP contribution in [0.5, 0.6) is 0 Å². The molecule has 0 aliphatic carbocycles. The maximum atomic E-state index is 11.8. The lowest BCUT2D eigenvalue weighted by molar-refractivity contribution is -0.145. The maximum absolute atomic E-state index is 11.8. The van der Waals surface area contributed by atoms with Crippen LogP contribution in [0.4, 0.5) is 0 Å². The van der Waals surface area contributed by atoms with E-state index in [1.807, 2.05) is 30.3 Å². The van der Waals surface area contributed by atoms with Gasteiger partial charge in [0.15, 0.2) is 0 Å². The van der Waals surface area contributed by atoms with E-state index < -0.39 is 11.9 Å². The van der Waals surface area contributed by atoms with Crippen molar-refractivity contribution < 1.29 is 14.3 Å². The summed E-state index contributed by atoms with van der Waals surface area (Å²) in [5.41, 5.74) is 6.41. The minimum atomic E-state index is -0.476. The van der Waals surface area contributed by atoms with E-state index in [1.54, 1.807) is 0 Å². The van der Waals surface area contributed by atoms with E-state index in [4.69, 9.17) is 10.5 Å². The van der Waals surface area contributed by atoms with Crippen molar-refractivity contribution in [1.29, 1.82) is 0 Å². The lowest BCUT2D eigenvalue weighted by atomic mass is 10.00. The smallest absolute Gasteiger partial charge is 0.314 e. The van der Waals surface area contributed by atoms with Crippen LogP contribution in [0, 0.1) is 0 Å². The number of rotatable bonds is 6. The second-order valence-corrected chi connectivity index (χ2v) is 3.79. The van der Waals surface area contributed by atoms with Crippen LogP contribution in [-0.2, 0) is 14.3 Å². The lowest BCUT2D eigenvalue weighted by Gasteiger charge is -2.14. The van der Waals surface area contributed by atoms with Crippen LogP contribution in [0.25, 0.3) is 0 Å². The Morgan fingerprint density at radius 3 is 2.56 bits per heavy atom. The van der Waals surface area contributed by atoms with Crippen molar-refractivity contribution >= 4 is 11.9 Å². The molecular weight excluding hydrogens is 232 g/mol. The van der Waals surface area contributed by atoms with Crippen molar-refractivity contribution in [2.24, 2.45) is 5.73 Å². The highest BCUT2D eigenvalue weighted by molar-refractivity contribution is 5.79. The molecule has 0 aromatic heterocycles. The van der Waals surface area contributed by atoms with Gasteiger partial charge in [-0.2, -0.15) is 0 Å². The number of benzene rings is 1. The fourth-order valence-electron chi connectivity index (χ4n) is 1.52. The van der Waals surface area contributed by atoms with Gasteiger partial charge in [0.05, 0.1) is 12.3 Å². The first kappa shape index (κ1) is 14.2. The van der Waals surface area contributed by atoms with Crippen LogP contribution in [0.3, 0.4) is 0 Å². The fourth-order valence-corrected chi connectivity index (χ4v) is 1.52. The Kier molecular flexibility index (Phi) is 5.87. The Morgan fingerprint density at radius 2 is 2.00 bits per heavy atom. The van der Waals surface area contributed by atoms with Crippen molar-refractivity contribution in [2.75, 3.05) is 20.2 Å². The zero-order chi connectivity index (χ0) is 13.4. The molecule has 1 amide bonds. The molecule has 98 valence electrons. The molecule has 0 aliphatic heterocycles. The number of amides is 1. The van der Waals surface area contributed by atoms with Gasteiger partial charge in [-0.25, -0.2) is 0 Å². The average Bonchev–Trinajstić information content (AvgIpc) is 2.40. The van der Waals surface area contributed by atoms with Crippen LogP contribution in [0.15, 0.2) is 30.3 Å². The molecule has 0 radical (unpaired) electrons. The molecule has 18 heavy (non-hydrogen) atoms. The first-order valence-electron chi connectivity index (χ1n) is 5.81. The number of ether oxygens (including phenoxy) is 1. The summed E-state index contributed by atoms with van der Waals surface area (Å²) in [6, 6.07) is 9.22. The summed E-state index contributed by atoms with van der Waals surface area (Å²) >= 11 is 0. The molecule has 0 bridgehead atoms. The summed E-state index contributed by atoms with van der Waals surface area (Å²) in [5.74, 6) is -1.03. The fraction of sp³-hybridized carbons (Fsp3) is 0.385. The van der Waals surface area contributed by atoms with Crippen LogP contribution < -0.4 is 11.1 Å². The monoisotopic (exact) mass is 250 g/mol. The van der Waals surface area contributed by atoms with E-state index in [0.717, 1.165) is 5.56 Å². The number of hydrogen-bond acceptors (Lipinski definition) is 4. The zero-order valence-electron chi connectivity index (χ0n) is 10.4. The molecule has 1 aromatic carbocycles. The van der Waals surface area contributed by atoms with Crippen LogP contribution in [-0.4, -0.2) is 32.1 Å². The molecule has 0 heterocycles. The Balaban J connectivity index is 2.51. The lowest BCUT2D eigenvalue weighted by Crippen LogP contribution is -2.26. The van der Waals surface area contributed by atoms with Gasteiger partial charge in [-0.3, -0.25) is 9.59 Å². The molecule has 5 heteroatoms. The molecule has 3 N–H and O–H groups in total. The van der Waals surface area contributed by atoms with E-state index in [9.17, 15) is 9.59 Å². The largest absolute Gasteiger partial charge is 0.465 e. The molecule has 0 fully saturated rings. The average molecular weight is 250 g/mol. The van der Waals surface area contributed by atoms with Gasteiger partial charge in [0.25, 0.3) is 0 Å². The highest BCUT2D eigenvalue weighted by Gasteiger charge is 2.20. The first-order valence-corrected chi connectivity index (χ1v) is 5.81. The third kappa shape index (κ3) is 4.18. The normalized spacial score (nSPS) is 11.7. The van der Waals surface area contributed by atoms with Gasteiger partial charge in [0, 0.05) is 13.6 Å². The van der Waals surface area contributed by atoms with Gasteiger partial charge in [0.2, 0.25) is 5.91 Å². The predicted octanol–water partition coefficient (Wildman–Crippen LogP) is 0.408. The second-order valence-electron chi connectivity index (χ2n) is 3.79. The number of carbonyl (C=O) groups excluding carboxylic acids is 2. The minimum Gasteiger partial charge on any atom is -0.465 e. The Labute approximate surface area is 106 Å². The molecule has 1 rings (SSSR count). The minimum absolute atomic E-state index is 0.0713. The van der Waals surface area contributed by atoms with Gasteiger partial charge >= 0.3 is 5.97 Å². The molecule has 0 saturated heterocycles. The topological polar surface area (TPSA) is 81.4 Å². The van der Waals surface area contributed by atoms with Crippen LogP contribution >= 0.6 is 0 Å². The zero-order valence-corrected chi connectivity index (χ0v) is 10.4. The van der Waals surface area contributed by atoms with Gasteiger partial charge < -0.3 is 15.8 Å². The maximum Gasteiger partial charge on any atom is 0.314 e. The number of hydrogen-bond donors (Lipinski definition) is 2. The molecule has 0 saturated carbocycles. The number of esters is 1. The van der Waals surface area contributed by atoms with E-state index >= 15 is 0 Å². The third-order valence-electron chi connectivity index (χ3n) is 2.57. The van der Waals surface area contributed by atoms with Gasteiger partial charge in [-0.05, 0) is 5.56 Å². The number of nitrogens with two attached hydrogens (primary N) is 1. The molecule has 1 aromatic rings. The Morgan fingerprint density at radius 1 is 1.33 bits per heavy atom. The molecular formula is C13H18N2O3. The summed E-state index contributed by atoms with van der Waals surface area (Å²) in [5, 5.41) is 2.46. The van der Waals surface area contributed by atoms with E-state index in [1.165, 1.54) is 7.05 Å². The molecule has 0 aliphatic rings. The van der Waals surface area contributed by atoms with Crippen molar-refractivity contribution in [2.45, 2.75) is 12.3 Å². The SMILES string of the molecule is CNC(=O)CCOC(=O)C(CN)c1ccccc1. The number of nitrogens with one attached hydrogen (secondary N) is 1. The Hall–Kier alpha value is -1.88. The molecule has 1 atom stereocenters. The van der Waals surface area contributed by atoms with Gasteiger partial charge in [-0.15, -0.1) is 0 Å². The van der Waals surface area contributed by atoms with Crippen LogP contribution in [0.2, 0.25) is 0 Å². The predicted molar refractivity (Wildman–Crippen MR) is 67.9 cm³/mol. The number of carbonyl (C=O) groups is 2. The van der Waals surface area contributed by atoms with E-state index in [-0.39, 0.29) is 25.5 Å². The van der Waals surface area contributed by atoms with Crippen molar-refractivity contribution in [3.05, 3.63) is 35.9 Å². The van der Waals surface area contributed by atoms with Gasteiger partial charge in [0.1, 0.15) is 6.61 Å². The summed E-state index contributed by atoms with van der Waals surface area (Å²) in [7, 11) is 1.54. The van der Waals surface area contributed by atoms with Crippen LogP contribution in [0.1, 0.15) is 17.9 Å². The molecule has 0 spiro atoms. The Bertz CT molecular complexity index is 392. The second kappa shape index (κ2) is 7.45. The van der Waals surface area contributed by atoms with Crippen molar-refractivity contribution in [3.8, 4) is 0 Å². The quantitative estimate of drug-likeness (QED) is 0.716. The van der Waals surface area contributed by atoms with E-state index in [0.29, 0.717) is 0 Å². The summed E-state index contributed by atoms with van der Waals surface area (Å²) in [6.07, 6.45) is 0.161. The highest BCUT2D eigenvalue weighted by atomic mass is 16.5.